The van der Waals surface area contributed by atoms with E-state index < -0.39 is 4.92 Å². The van der Waals surface area contributed by atoms with Gasteiger partial charge < -0.3 is 10.1 Å². The first-order valence-corrected chi connectivity index (χ1v) is 4.12. The van der Waals surface area contributed by atoms with Crippen LogP contribution in [0.3, 0.4) is 0 Å². The first-order chi connectivity index (χ1) is 5.15. The summed E-state index contributed by atoms with van der Waals surface area (Å²) in [6.07, 6.45) is 1.75. The first-order valence-electron chi connectivity index (χ1n) is 2.90. The molecule has 0 spiro atoms. The molecule has 1 aromatic rings. The second-order valence-corrected chi connectivity index (χ2v) is 2.73. The number of hydrogen-bond donors (Lipinski definition) is 1. The van der Waals surface area contributed by atoms with Crippen molar-refractivity contribution < 1.29 is 4.92 Å². The van der Waals surface area contributed by atoms with E-state index in [9.17, 15) is 10.1 Å². The quantitative estimate of drug-likeness (QED) is 0.416. The zero-order chi connectivity index (χ0) is 8.43. The minimum atomic E-state index is -0.466. The molecule has 6 heteroatoms. The smallest absolute Gasteiger partial charge is 0.354 e. The highest BCUT2D eigenvalue weighted by Crippen LogP contribution is 2.23. The van der Waals surface area contributed by atoms with E-state index in [1.54, 1.807) is 13.2 Å². The molecule has 0 aliphatic rings. The summed E-state index contributed by atoms with van der Waals surface area (Å²) in [4.78, 5) is 16.3. The van der Waals surface area contributed by atoms with E-state index in [1.165, 1.54) is 11.8 Å². The summed E-state index contributed by atoms with van der Waals surface area (Å²) in [5.74, 6) is 0.552. The van der Waals surface area contributed by atoms with Crippen LogP contribution in [-0.2, 0) is 0 Å². The maximum atomic E-state index is 10.3. The van der Waals surface area contributed by atoms with E-state index in [0.29, 0.717) is 10.9 Å². The number of thioether (sulfide) groups is 1. The summed E-state index contributed by atoms with van der Waals surface area (Å²) in [5.41, 5.74) is 0. The van der Waals surface area contributed by atoms with Gasteiger partial charge in [0.2, 0.25) is 0 Å². The number of aromatic amines is 1. The van der Waals surface area contributed by atoms with Gasteiger partial charge in [0.1, 0.15) is 0 Å². The van der Waals surface area contributed by atoms with Crippen LogP contribution in [0.4, 0.5) is 5.82 Å². The number of aryl methyl sites for hydroxylation is 1. The van der Waals surface area contributed by atoms with Crippen molar-refractivity contribution in [3.63, 3.8) is 0 Å². The second-order valence-electron chi connectivity index (χ2n) is 1.94. The Morgan fingerprint density at radius 1 is 1.73 bits per heavy atom. The van der Waals surface area contributed by atoms with Gasteiger partial charge in [-0.25, -0.2) is 4.98 Å². The fraction of sp³-hybridized carbons (Fsp3) is 0.400. The first kappa shape index (κ1) is 8.06. The van der Waals surface area contributed by atoms with E-state index in [4.69, 9.17) is 0 Å². The van der Waals surface area contributed by atoms with E-state index in [2.05, 4.69) is 9.97 Å². The molecule has 0 saturated carbocycles. The fourth-order valence-electron chi connectivity index (χ4n) is 0.724. The Balaban J connectivity index is 3.12. The van der Waals surface area contributed by atoms with Crippen LogP contribution in [0, 0.1) is 17.0 Å². The van der Waals surface area contributed by atoms with Crippen molar-refractivity contribution in [3.05, 3.63) is 15.9 Å². The topological polar surface area (TPSA) is 71.8 Å². The third-order valence-electron chi connectivity index (χ3n) is 1.15. The van der Waals surface area contributed by atoms with Crippen LogP contribution >= 0.6 is 11.8 Å². The number of H-pyrrole nitrogens is 1. The normalized spacial score (nSPS) is 10.0. The van der Waals surface area contributed by atoms with Crippen molar-refractivity contribution in [1.29, 1.82) is 0 Å². The highest BCUT2D eigenvalue weighted by Gasteiger charge is 2.16. The Bertz CT molecular complexity index is 283. The van der Waals surface area contributed by atoms with Gasteiger partial charge in [-0.1, -0.05) is 0 Å². The van der Waals surface area contributed by atoms with Gasteiger partial charge in [-0.3, -0.25) is 0 Å². The van der Waals surface area contributed by atoms with Crippen LogP contribution in [0.1, 0.15) is 5.82 Å². The van der Waals surface area contributed by atoms with Crippen LogP contribution in [0.2, 0.25) is 0 Å². The average Bonchev–Trinajstić information content (AvgIpc) is 2.30. The number of aromatic nitrogens is 2. The van der Waals surface area contributed by atoms with Gasteiger partial charge in [0.05, 0.1) is 0 Å². The Morgan fingerprint density at radius 2 is 2.36 bits per heavy atom. The molecule has 11 heavy (non-hydrogen) atoms. The Hall–Kier alpha value is -1.04. The molecule has 0 aliphatic heterocycles. The highest BCUT2D eigenvalue weighted by molar-refractivity contribution is 7.98. The monoisotopic (exact) mass is 173 g/mol. The lowest BCUT2D eigenvalue weighted by molar-refractivity contribution is -0.392. The lowest BCUT2D eigenvalue weighted by Crippen LogP contribution is -1.89. The molecule has 60 valence electrons. The predicted molar refractivity (Wildman–Crippen MR) is 41.8 cm³/mol. The van der Waals surface area contributed by atoms with Crippen molar-refractivity contribution in [1.82, 2.24) is 9.97 Å². The number of nitrogens with zero attached hydrogens (tertiary/aromatic N) is 2. The summed E-state index contributed by atoms with van der Waals surface area (Å²) < 4.78 is 0. The van der Waals surface area contributed by atoms with Gasteiger partial charge in [-0.05, 0) is 11.2 Å². The van der Waals surface area contributed by atoms with Crippen LogP contribution < -0.4 is 0 Å². The zero-order valence-electron chi connectivity index (χ0n) is 6.12. The zero-order valence-corrected chi connectivity index (χ0v) is 6.94. The number of hydrogen-bond acceptors (Lipinski definition) is 4. The SMILES string of the molecule is CSc1nc(C)[nH]c1[N+](=O)[O-]. The Morgan fingerprint density at radius 3 is 2.73 bits per heavy atom. The van der Waals surface area contributed by atoms with Crippen molar-refractivity contribution >= 4 is 17.6 Å². The minimum Gasteiger partial charge on any atom is -0.358 e. The molecule has 0 unspecified atom stereocenters. The molecule has 0 amide bonds. The minimum absolute atomic E-state index is 0.0185. The maximum absolute atomic E-state index is 10.3. The van der Waals surface area contributed by atoms with Gasteiger partial charge in [-0.15, -0.1) is 11.8 Å². The van der Waals surface area contributed by atoms with E-state index >= 15 is 0 Å². The highest BCUT2D eigenvalue weighted by atomic mass is 32.2. The molecule has 0 bridgehead atoms. The summed E-state index contributed by atoms with van der Waals surface area (Å²) in [5, 5.41) is 10.8. The molecule has 0 saturated heterocycles. The van der Waals surface area contributed by atoms with Gasteiger partial charge >= 0.3 is 5.82 Å². The van der Waals surface area contributed by atoms with E-state index in [-0.39, 0.29) is 5.82 Å². The summed E-state index contributed by atoms with van der Waals surface area (Å²) in [6.45, 7) is 1.69. The summed E-state index contributed by atoms with van der Waals surface area (Å²) >= 11 is 1.26. The van der Waals surface area contributed by atoms with Gasteiger partial charge in [0.15, 0.2) is 10.9 Å². The van der Waals surface area contributed by atoms with Crippen molar-refractivity contribution in [2.45, 2.75) is 11.9 Å². The third-order valence-corrected chi connectivity index (χ3v) is 1.82. The molecule has 0 radical (unpaired) electrons. The molecule has 0 aliphatic carbocycles. The summed E-state index contributed by atoms with van der Waals surface area (Å²) in [7, 11) is 0. The van der Waals surface area contributed by atoms with Crippen LogP contribution in [0.25, 0.3) is 0 Å². The molecule has 5 nitrogen and oxygen atoms in total. The molecular formula is C5H7N3O2S. The summed E-state index contributed by atoms with van der Waals surface area (Å²) in [6, 6.07) is 0. The standard InChI is InChI=1S/C5H7N3O2S/c1-3-6-4(8(9)10)5(7-3)11-2/h1-2H3,(H,6,7). The van der Waals surface area contributed by atoms with Crippen molar-refractivity contribution in [2.24, 2.45) is 0 Å². The van der Waals surface area contributed by atoms with Crippen LogP contribution in [0.15, 0.2) is 5.03 Å². The van der Waals surface area contributed by atoms with E-state index in [0.717, 1.165) is 0 Å². The third kappa shape index (κ3) is 1.51. The number of rotatable bonds is 2. The number of imidazole rings is 1. The lowest BCUT2D eigenvalue weighted by atomic mass is 10.7. The van der Waals surface area contributed by atoms with Crippen molar-refractivity contribution in [2.75, 3.05) is 6.26 Å². The van der Waals surface area contributed by atoms with Gasteiger partial charge in [-0.2, -0.15) is 4.98 Å². The predicted octanol–water partition coefficient (Wildman–Crippen LogP) is 1.35. The average molecular weight is 173 g/mol. The maximum Gasteiger partial charge on any atom is 0.354 e. The molecule has 1 heterocycles. The molecule has 1 N–H and O–H groups in total. The molecule has 0 aromatic carbocycles. The molecule has 1 rings (SSSR count). The number of nitro groups is 1. The molecule has 0 atom stereocenters. The second kappa shape index (κ2) is 2.91. The van der Waals surface area contributed by atoms with Crippen LogP contribution in [-0.4, -0.2) is 21.1 Å². The Labute approximate surface area is 67.4 Å². The van der Waals surface area contributed by atoms with Gasteiger partial charge in [0.25, 0.3) is 0 Å². The molecular weight excluding hydrogens is 166 g/mol. The fourth-order valence-corrected chi connectivity index (χ4v) is 1.27. The number of nitrogens with one attached hydrogen (secondary N) is 1. The van der Waals surface area contributed by atoms with Crippen molar-refractivity contribution in [3.8, 4) is 0 Å². The molecule has 0 fully saturated rings. The van der Waals surface area contributed by atoms with Crippen LogP contribution in [0.5, 0.6) is 0 Å². The largest absolute Gasteiger partial charge is 0.358 e. The lowest BCUT2D eigenvalue weighted by Gasteiger charge is -1.90. The van der Waals surface area contributed by atoms with E-state index in [1.807, 2.05) is 0 Å². The Kier molecular flexibility index (Phi) is 2.13. The molecule has 1 aromatic heterocycles. The van der Waals surface area contributed by atoms with Gasteiger partial charge in [0, 0.05) is 6.92 Å².